The molecule has 30 heavy (non-hydrogen) atoms. The number of aryl methyl sites for hydroxylation is 4. The van der Waals surface area contributed by atoms with E-state index >= 15 is 0 Å². The second-order valence-corrected chi connectivity index (χ2v) is 8.10. The number of nitrogens with zero attached hydrogens (tertiary/aromatic N) is 4. The van der Waals surface area contributed by atoms with Crippen molar-refractivity contribution in [2.75, 3.05) is 0 Å². The van der Waals surface area contributed by atoms with Crippen LogP contribution in [0.3, 0.4) is 0 Å². The zero-order chi connectivity index (χ0) is 22.1. The summed E-state index contributed by atoms with van der Waals surface area (Å²) in [7, 11) is -1.27. The lowest BCUT2D eigenvalue weighted by Gasteiger charge is -2.36. The average Bonchev–Trinajstić information content (AvgIpc) is 3.23. The topological polar surface area (TPSA) is 104 Å². The van der Waals surface area contributed by atoms with E-state index < -0.39 is 7.82 Å². The number of imidazole rings is 2. The Bertz CT molecular complexity index is 642. The predicted octanol–water partition coefficient (Wildman–Crippen LogP) is -1.81. The van der Waals surface area contributed by atoms with Crippen LogP contribution in [0.5, 0.6) is 0 Å². The minimum Gasteiger partial charge on any atom is -1.00 e. The van der Waals surface area contributed by atoms with E-state index in [0.717, 1.165) is 0 Å². The third kappa shape index (κ3) is 21.5. The maximum Gasteiger partial charge on any atom is 1.00 e. The van der Waals surface area contributed by atoms with Gasteiger partial charge in [-0.05, 0) is 25.7 Å². The van der Waals surface area contributed by atoms with Crippen molar-refractivity contribution < 1.29 is 43.6 Å². The van der Waals surface area contributed by atoms with Crippen molar-refractivity contribution in [3.63, 3.8) is 0 Å². The van der Waals surface area contributed by atoms with Crippen LogP contribution in [-0.4, -0.2) is 9.13 Å². The SMILES string of the molecule is CCCCCCn1cc[n+](C)c1.CCCCCCn1cc[n+](C)c1.O=P([O-])([O-])[O-].[Cl-].[H+].[H+]. The zero-order valence-electron chi connectivity index (χ0n) is 20.8. The Kier molecular flexibility index (Phi) is 19.2. The van der Waals surface area contributed by atoms with Crippen LogP contribution < -0.4 is 36.2 Å². The van der Waals surface area contributed by atoms with Crippen LogP contribution in [0.1, 0.15) is 68.1 Å². The van der Waals surface area contributed by atoms with Crippen molar-refractivity contribution in [2.45, 2.75) is 78.3 Å². The van der Waals surface area contributed by atoms with E-state index in [1.165, 1.54) is 64.5 Å². The first-order chi connectivity index (χ1) is 13.7. The molecule has 2 rings (SSSR count). The first kappa shape index (κ1) is 31.0. The molecule has 176 valence electrons. The van der Waals surface area contributed by atoms with E-state index in [2.05, 4.69) is 83.7 Å². The normalized spacial score (nSPS) is 10.4. The second-order valence-electron chi connectivity index (χ2n) is 7.20. The molecule has 2 aromatic heterocycles. The quantitative estimate of drug-likeness (QED) is 0.234. The fraction of sp³-hybridized carbons (Fsp3) is 0.700. The maximum absolute atomic E-state index is 8.55. The van der Waals surface area contributed by atoms with Gasteiger partial charge in [-0.2, -0.15) is 7.82 Å². The number of halogens is 1. The first-order valence-corrected chi connectivity index (χ1v) is 11.9. The summed E-state index contributed by atoms with van der Waals surface area (Å²) in [5.74, 6) is 0. The van der Waals surface area contributed by atoms with Gasteiger partial charge in [-0.1, -0.05) is 39.5 Å². The monoisotopic (exact) mass is 466 g/mol. The van der Waals surface area contributed by atoms with Crippen molar-refractivity contribution >= 4 is 7.82 Å². The van der Waals surface area contributed by atoms with Crippen LogP contribution in [0.2, 0.25) is 0 Å². The van der Waals surface area contributed by atoms with E-state index in [1.807, 2.05) is 0 Å². The van der Waals surface area contributed by atoms with Gasteiger partial charge in [0.1, 0.15) is 24.8 Å². The fourth-order valence-corrected chi connectivity index (χ4v) is 2.71. The molecule has 0 N–H and O–H groups in total. The van der Waals surface area contributed by atoms with E-state index in [1.54, 1.807) is 0 Å². The lowest BCUT2D eigenvalue weighted by atomic mass is 10.2. The smallest absolute Gasteiger partial charge is 1.00 e. The molecule has 0 aromatic carbocycles. The predicted molar refractivity (Wildman–Crippen MR) is 109 cm³/mol. The van der Waals surface area contributed by atoms with Gasteiger partial charge in [0, 0.05) is 0 Å². The summed E-state index contributed by atoms with van der Waals surface area (Å²) in [6, 6.07) is 0. The van der Waals surface area contributed by atoms with E-state index in [-0.39, 0.29) is 15.3 Å². The minimum absolute atomic E-state index is 0. The van der Waals surface area contributed by atoms with Gasteiger partial charge in [0.2, 0.25) is 12.7 Å². The van der Waals surface area contributed by atoms with Gasteiger partial charge < -0.3 is 31.7 Å². The first-order valence-electron chi connectivity index (χ1n) is 10.4. The molecule has 0 aliphatic heterocycles. The van der Waals surface area contributed by atoms with Crippen molar-refractivity contribution in [3.05, 3.63) is 37.4 Å². The molecule has 2 aromatic rings. The number of hydrogen-bond acceptors (Lipinski definition) is 4. The molecule has 0 spiro atoms. The fourth-order valence-electron chi connectivity index (χ4n) is 2.71. The molecule has 0 aliphatic carbocycles. The van der Waals surface area contributed by atoms with Gasteiger partial charge in [0.15, 0.2) is 0 Å². The summed E-state index contributed by atoms with van der Waals surface area (Å²) in [5.41, 5.74) is 0. The average molecular weight is 467 g/mol. The summed E-state index contributed by atoms with van der Waals surface area (Å²) < 4.78 is 17.2. The molecule has 10 heteroatoms. The van der Waals surface area contributed by atoms with Gasteiger partial charge in [0.05, 0.1) is 27.2 Å². The number of aromatic nitrogens is 4. The molecular weight excluding hydrogens is 427 g/mol. The standard InChI is InChI=1S/2C10H19N2.ClH.H3O4P/c2*1-3-4-5-6-7-12-9-8-11(2)10-12;;1-5(2,3)4/h2*8-10H,3-7H2,1-2H3;1H;(H3,1,2,3,4)/q2*+1;;/p-2. The number of unbranched alkanes of at least 4 members (excludes halogenated alkanes) is 6. The molecule has 0 bridgehead atoms. The van der Waals surface area contributed by atoms with Crippen molar-refractivity contribution in [3.8, 4) is 0 Å². The molecule has 0 atom stereocenters. The van der Waals surface area contributed by atoms with Gasteiger partial charge in [-0.25, -0.2) is 18.3 Å². The molecule has 0 amide bonds. The van der Waals surface area contributed by atoms with Crippen molar-refractivity contribution in [1.29, 1.82) is 0 Å². The lowest BCUT2D eigenvalue weighted by Crippen LogP contribution is -3.00. The van der Waals surface area contributed by atoms with Gasteiger partial charge in [0.25, 0.3) is 0 Å². The highest BCUT2D eigenvalue weighted by atomic mass is 35.5. The third-order valence-electron chi connectivity index (χ3n) is 4.19. The zero-order valence-corrected chi connectivity index (χ0v) is 20.4. The highest BCUT2D eigenvalue weighted by Gasteiger charge is 1.99. The van der Waals surface area contributed by atoms with E-state index in [0.29, 0.717) is 0 Å². The molecule has 0 saturated carbocycles. The third-order valence-corrected chi connectivity index (χ3v) is 4.19. The molecule has 0 aliphatic rings. The minimum atomic E-state index is -5.39. The largest absolute Gasteiger partial charge is 1.00 e. The van der Waals surface area contributed by atoms with Crippen LogP contribution in [0.25, 0.3) is 0 Å². The van der Waals surface area contributed by atoms with Crippen LogP contribution in [0.15, 0.2) is 37.4 Å². The summed E-state index contributed by atoms with van der Waals surface area (Å²) >= 11 is 0. The molecule has 0 radical (unpaired) electrons. The Hall–Kier alpha value is -1.18. The summed E-state index contributed by atoms with van der Waals surface area (Å²) in [6.07, 6.45) is 23.4. The summed E-state index contributed by atoms with van der Waals surface area (Å²) in [4.78, 5) is 25.6. The van der Waals surface area contributed by atoms with Crippen molar-refractivity contribution in [1.82, 2.24) is 9.13 Å². The Labute approximate surface area is 190 Å². The molecule has 0 fully saturated rings. The Balaban J connectivity index is -0.000000189. The van der Waals surface area contributed by atoms with Crippen LogP contribution in [0, 0.1) is 0 Å². The Morgan fingerprint density at radius 3 is 1.33 bits per heavy atom. The molecular formula is C20H40ClN4O4P. The molecule has 0 saturated heterocycles. The summed E-state index contributed by atoms with van der Waals surface area (Å²) in [6.45, 7) is 6.83. The highest BCUT2D eigenvalue weighted by molar-refractivity contribution is 7.40. The van der Waals surface area contributed by atoms with Crippen molar-refractivity contribution in [2.24, 2.45) is 14.1 Å². The second kappa shape index (κ2) is 18.6. The number of hydrogen-bond donors (Lipinski definition) is 0. The van der Waals surface area contributed by atoms with Crippen LogP contribution >= 0.6 is 7.82 Å². The molecule has 2 heterocycles. The molecule has 0 unspecified atom stereocenters. The van der Waals surface area contributed by atoms with Crippen LogP contribution in [0.4, 0.5) is 0 Å². The van der Waals surface area contributed by atoms with E-state index in [9.17, 15) is 0 Å². The number of phosphoric acid groups is 1. The maximum atomic E-state index is 8.55. The van der Waals surface area contributed by atoms with Gasteiger partial charge in [-0.15, -0.1) is 0 Å². The van der Waals surface area contributed by atoms with Gasteiger partial charge >= 0.3 is 2.85 Å². The Morgan fingerprint density at radius 1 is 0.767 bits per heavy atom. The van der Waals surface area contributed by atoms with Crippen LogP contribution in [-0.2, 0) is 31.7 Å². The lowest BCUT2D eigenvalue weighted by molar-refractivity contribution is -0.671. The highest BCUT2D eigenvalue weighted by Crippen LogP contribution is 2.03. The van der Waals surface area contributed by atoms with Gasteiger partial charge in [-0.3, -0.25) is 0 Å². The Morgan fingerprint density at radius 2 is 1.10 bits per heavy atom. The van der Waals surface area contributed by atoms with E-state index in [4.69, 9.17) is 19.2 Å². The summed E-state index contributed by atoms with van der Waals surface area (Å²) in [5, 5.41) is 0. The molecule has 8 nitrogen and oxygen atoms in total. The number of rotatable bonds is 10.